The highest BCUT2D eigenvalue weighted by molar-refractivity contribution is 6.30. The molecule has 1 aromatic carbocycles. The van der Waals surface area contributed by atoms with Gasteiger partial charge in [0.15, 0.2) is 0 Å². The Balaban J connectivity index is 1.85. The number of amides is 1. The summed E-state index contributed by atoms with van der Waals surface area (Å²) in [5.74, 6) is 1.86. The Morgan fingerprint density at radius 1 is 1.17 bits per heavy atom. The summed E-state index contributed by atoms with van der Waals surface area (Å²) in [4.78, 5) is 15.0. The summed E-state index contributed by atoms with van der Waals surface area (Å²) < 4.78 is 5.61. The van der Waals surface area contributed by atoms with Crippen molar-refractivity contribution in [3.05, 3.63) is 58.5 Å². The van der Waals surface area contributed by atoms with Crippen LogP contribution >= 0.6 is 11.6 Å². The monoisotopic (exact) mass is 331 g/mol. The van der Waals surface area contributed by atoms with Gasteiger partial charge in [0.05, 0.1) is 12.0 Å². The highest BCUT2D eigenvalue weighted by atomic mass is 35.5. The number of furan rings is 1. The molecule has 3 rings (SSSR count). The second kappa shape index (κ2) is 6.40. The van der Waals surface area contributed by atoms with Crippen LogP contribution in [0.5, 0.6) is 0 Å². The maximum atomic E-state index is 13.2. The van der Waals surface area contributed by atoms with E-state index in [0.29, 0.717) is 11.6 Å². The van der Waals surface area contributed by atoms with E-state index in [1.165, 1.54) is 0 Å². The highest BCUT2D eigenvalue weighted by Crippen LogP contribution is 2.43. The van der Waals surface area contributed by atoms with Crippen LogP contribution < -0.4 is 0 Å². The van der Waals surface area contributed by atoms with Crippen LogP contribution in [0.3, 0.4) is 0 Å². The summed E-state index contributed by atoms with van der Waals surface area (Å²) in [6.45, 7) is 2.42. The first-order valence-corrected chi connectivity index (χ1v) is 8.46. The SMILES string of the molecule is Cc1ccc(CN(C)C(=O)C2(c3ccc(Cl)cc3)CCCC2)o1. The molecule has 0 unspecified atom stereocenters. The summed E-state index contributed by atoms with van der Waals surface area (Å²) >= 11 is 6.01. The number of carbonyl (C=O) groups excluding carboxylic acids is 1. The lowest BCUT2D eigenvalue weighted by Gasteiger charge is -2.32. The van der Waals surface area contributed by atoms with Gasteiger partial charge in [0.2, 0.25) is 5.91 Å². The van der Waals surface area contributed by atoms with E-state index in [1.54, 1.807) is 4.90 Å². The highest BCUT2D eigenvalue weighted by Gasteiger charge is 2.44. The number of hydrogen-bond donors (Lipinski definition) is 0. The van der Waals surface area contributed by atoms with Crippen LogP contribution in [0.25, 0.3) is 0 Å². The lowest BCUT2D eigenvalue weighted by molar-refractivity contribution is -0.136. The number of rotatable bonds is 4. The van der Waals surface area contributed by atoms with E-state index < -0.39 is 5.41 Å². The second-order valence-electron chi connectivity index (χ2n) is 6.47. The molecule has 1 heterocycles. The van der Waals surface area contributed by atoms with Crippen molar-refractivity contribution in [3.8, 4) is 0 Å². The lowest BCUT2D eigenvalue weighted by Crippen LogP contribution is -2.43. The molecule has 1 aliphatic rings. The van der Waals surface area contributed by atoms with E-state index in [2.05, 4.69) is 0 Å². The molecule has 23 heavy (non-hydrogen) atoms. The topological polar surface area (TPSA) is 33.5 Å². The molecule has 0 aliphatic heterocycles. The van der Waals surface area contributed by atoms with Gasteiger partial charge >= 0.3 is 0 Å². The minimum atomic E-state index is -0.416. The fraction of sp³-hybridized carbons (Fsp3) is 0.421. The van der Waals surface area contributed by atoms with E-state index in [1.807, 2.05) is 50.4 Å². The maximum absolute atomic E-state index is 13.2. The third-order valence-electron chi connectivity index (χ3n) is 4.80. The predicted molar refractivity (Wildman–Crippen MR) is 91.5 cm³/mol. The van der Waals surface area contributed by atoms with Crippen LogP contribution in [0.1, 0.15) is 42.8 Å². The number of nitrogens with zero attached hydrogens (tertiary/aromatic N) is 1. The van der Waals surface area contributed by atoms with Gasteiger partial charge in [-0.25, -0.2) is 0 Å². The minimum absolute atomic E-state index is 0.173. The molecular weight excluding hydrogens is 310 g/mol. The Hall–Kier alpha value is -1.74. The van der Waals surface area contributed by atoms with Crippen LogP contribution in [0.4, 0.5) is 0 Å². The fourth-order valence-corrected chi connectivity index (χ4v) is 3.74. The molecule has 4 heteroatoms. The van der Waals surface area contributed by atoms with Crippen LogP contribution in [0.15, 0.2) is 40.8 Å². The summed E-state index contributed by atoms with van der Waals surface area (Å²) in [6, 6.07) is 11.6. The third kappa shape index (κ3) is 3.16. The van der Waals surface area contributed by atoms with Gasteiger partial charge in [-0.1, -0.05) is 36.6 Å². The quantitative estimate of drug-likeness (QED) is 0.812. The standard InChI is InChI=1S/C19H22ClNO2/c1-14-5-10-17(23-14)13-21(2)18(22)19(11-3-4-12-19)15-6-8-16(20)9-7-15/h5-10H,3-4,11-13H2,1-2H3. The van der Waals surface area contributed by atoms with Gasteiger partial charge in [-0.15, -0.1) is 0 Å². The molecule has 1 aromatic heterocycles. The zero-order chi connectivity index (χ0) is 16.4. The van der Waals surface area contributed by atoms with Gasteiger partial charge in [-0.2, -0.15) is 0 Å². The van der Waals surface area contributed by atoms with Crippen LogP contribution in [0, 0.1) is 6.92 Å². The van der Waals surface area contributed by atoms with Crippen molar-refractivity contribution < 1.29 is 9.21 Å². The van der Waals surface area contributed by atoms with E-state index >= 15 is 0 Å². The van der Waals surface area contributed by atoms with Crippen LogP contribution in [0.2, 0.25) is 5.02 Å². The average Bonchev–Trinajstić information content (AvgIpc) is 3.17. The number of likely N-dealkylation sites (N-methyl/N-ethyl adjacent to an activating group) is 1. The van der Waals surface area contributed by atoms with Crippen molar-refractivity contribution in [2.75, 3.05) is 7.05 Å². The molecule has 3 nitrogen and oxygen atoms in total. The summed E-state index contributed by atoms with van der Waals surface area (Å²) in [5.41, 5.74) is 0.660. The van der Waals surface area contributed by atoms with Gasteiger partial charge in [-0.05, 0) is 49.6 Å². The molecular formula is C19H22ClNO2. The molecule has 0 spiro atoms. The number of aryl methyl sites for hydroxylation is 1. The van der Waals surface area contributed by atoms with Crippen molar-refractivity contribution >= 4 is 17.5 Å². The number of benzene rings is 1. The zero-order valence-corrected chi connectivity index (χ0v) is 14.4. The first kappa shape index (κ1) is 16.1. The first-order valence-electron chi connectivity index (χ1n) is 8.08. The van der Waals surface area contributed by atoms with Gasteiger partial charge in [-0.3, -0.25) is 4.79 Å². The Labute approximate surface area is 142 Å². The Morgan fingerprint density at radius 3 is 2.39 bits per heavy atom. The van der Waals surface area contributed by atoms with Crippen molar-refractivity contribution in [1.82, 2.24) is 4.90 Å². The molecule has 0 radical (unpaired) electrons. The second-order valence-corrected chi connectivity index (χ2v) is 6.91. The lowest BCUT2D eigenvalue weighted by atomic mass is 9.77. The van der Waals surface area contributed by atoms with E-state index in [0.717, 1.165) is 42.8 Å². The summed E-state index contributed by atoms with van der Waals surface area (Å²) in [5, 5.41) is 0.703. The van der Waals surface area contributed by atoms with Gasteiger partial charge in [0.1, 0.15) is 11.5 Å². The fourth-order valence-electron chi connectivity index (χ4n) is 3.61. The largest absolute Gasteiger partial charge is 0.464 e. The summed E-state index contributed by atoms with van der Waals surface area (Å²) in [7, 11) is 1.86. The van der Waals surface area contributed by atoms with Crippen LogP contribution in [-0.4, -0.2) is 17.9 Å². The number of halogens is 1. The van der Waals surface area contributed by atoms with Crippen LogP contribution in [-0.2, 0) is 16.8 Å². The molecule has 0 N–H and O–H groups in total. The first-order chi connectivity index (χ1) is 11.0. The van der Waals surface area contributed by atoms with E-state index in [4.69, 9.17) is 16.0 Å². The molecule has 1 saturated carbocycles. The predicted octanol–water partition coefficient (Wildman–Crippen LogP) is 4.71. The molecule has 1 amide bonds. The number of carbonyl (C=O) groups is 1. The third-order valence-corrected chi connectivity index (χ3v) is 5.05. The van der Waals surface area contributed by atoms with Crippen molar-refractivity contribution in [2.24, 2.45) is 0 Å². The molecule has 0 saturated heterocycles. The molecule has 122 valence electrons. The Morgan fingerprint density at radius 2 is 1.83 bits per heavy atom. The van der Waals surface area contributed by atoms with Gasteiger partial charge in [0, 0.05) is 12.1 Å². The van der Waals surface area contributed by atoms with Crippen molar-refractivity contribution in [2.45, 2.75) is 44.6 Å². The Bertz CT molecular complexity index is 684. The van der Waals surface area contributed by atoms with E-state index in [-0.39, 0.29) is 5.91 Å². The molecule has 1 fully saturated rings. The number of hydrogen-bond acceptors (Lipinski definition) is 2. The van der Waals surface area contributed by atoms with Gasteiger partial charge < -0.3 is 9.32 Å². The van der Waals surface area contributed by atoms with Crippen molar-refractivity contribution in [1.29, 1.82) is 0 Å². The molecule has 2 aromatic rings. The molecule has 1 aliphatic carbocycles. The Kier molecular flexibility index (Phi) is 4.49. The zero-order valence-electron chi connectivity index (χ0n) is 13.6. The maximum Gasteiger partial charge on any atom is 0.233 e. The molecule has 0 atom stereocenters. The van der Waals surface area contributed by atoms with E-state index in [9.17, 15) is 4.79 Å². The smallest absolute Gasteiger partial charge is 0.233 e. The minimum Gasteiger partial charge on any atom is -0.464 e. The van der Waals surface area contributed by atoms with Crippen molar-refractivity contribution in [3.63, 3.8) is 0 Å². The molecule has 0 bridgehead atoms. The average molecular weight is 332 g/mol. The van der Waals surface area contributed by atoms with Gasteiger partial charge in [0.25, 0.3) is 0 Å². The summed E-state index contributed by atoms with van der Waals surface area (Å²) in [6.07, 6.45) is 3.97. The normalized spacial score (nSPS) is 16.5.